The van der Waals surface area contributed by atoms with Gasteiger partial charge in [0, 0.05) is 30.7 Å². The fourth-order valence-corrected chi connectivity index (χ4v) is 2.74. The maximum absolute atomic E-state index is 12.2. The van der Waals surface area contributed by atoms with Crippen LogP contribution in [0.25, 0.3) is 5.69 Å². The molecule has 2 N–H and O–H groups in total. The van der Waals surface area contributed by atoms with Crippen molar-refractivity contribution in [2.45, 2.75) is 25.9 Å². The Balaban J connectivity index is 1.55. The number of aromatic carboxylic acids is 1. The zero-order valence-corrected chi connectivity index (χ0v) is 14.4. The molecule has 0 aliphatic carbocycles. The molecule has 0 aliphatic heterocycles. The molecular weight excluding hydrogens is 332 g/mol. The molecule has 1 unspecified atom stereocenters. The van der Waals surface area contributed by atoms with Crippen molar-refractivity contribution in [3.8, 4) is 5.69 Å². The number of carboxylic acid groups (broad SMARTS) is 1. The summed E-state index contributed by atoms with van der Waals surface area (Å²) < 4.78 is 3.33. The van der Waals surface area contributed by atoms with E-state index in [1.165, 1.54) is 16.9 Å². The van der Waals surface area contributed by atoms with Crippen molar-refractivity contribution < 1.29 is 14.7 Å². The highest BCUT2D eigenvalue weighted by Crippen LogP contribution is 2.16. The molecule has 0 bridgehead atoms. The van der Waals surface area contributed by atoms with Crippen LogP contribution in [0.15, 0.2) is 61.1 Å². The van der Waals surface area contributed by atoms with Crippen LogP contribution in [0, 0.1) is 0 Å². The number of rotatable bonds is 7. The molecule has 7 heteroatoms. The summed E-state index contributed by atoms with van der Waals surface area (Å²) in [5.41, 5.74) is 2.13. The number of carboxylic acids is 1. The Morgan fingerprint density at radius 3 is 2.50 bits per heavy atom. The molecule has 0 saturated carbocycles. The van der Waals surface area contributed by atoms with Gasteiger partial charge < -0.3 is 15.0 Å². The van der Waals surface area contributed by atoms with E-state index in [1.54, 1.807) is 0 Å². The quantitative estimate of drug-likeness (QED) is 0.684. The highest BCUT2D eigenvalue weighted by molar-refractivity contribution is 5.85. The lowest BCUT2D eigenvalue weighted by Crippen LogP contribution is -2.28. The third-order valence-electron chi connectivity index (χ3n) is 4.16. The van der Waals surface area contributed by atoms with Crippen LogP contribution in [0.1, 0.15) is 35.4 Å². The van der Waals surface area contributed by atoms with Gasteiger partial charge in [-0.3, -0.25) is 9.48 Å². The standard InChI is InChI=1S/C19H20N4O3/c1-14(15-4-6-16(7-5-15)22-11-2-3-12-22)21-18(24)9-13-23-17(19(25)26)8-10-20-23/h2-8,10-12,14H,9,13H2,1H3,(H,21,24)(H,25,26). The number of aromatic nitrogens is 3. The number of hydrogen-bond donors (Lipinski definition) is 2. The first-order valence-corrected chi connectivity index (χ1v) is 8.32. The Hall–Kier alpha value is -3.35. The third-order valence-corrected chi connectivity index (χ3v) is 4.16. The number of nitrogens with zero attached hydrogens (tertiary/aromatic N) is 3. The highest BCUT2D eigenvalue weighted by atomic mass is 16.4. The average Bonchev–Trinajstić information content (AvgIpc) is 3.31. The summed E-state index contributed by atoms with van der Waals surface area (Å²) in [6, 6.07) is 13.2. The zero-order valence-electron chi connectivity index (χ0n) is 14.4. The molecule has 0 aliphatic rings. The molecule has 2 aromatic heterocycles. The van der Waals surface area contributed by atoms with Crippen molar-refractivity contribution in [3.05, 3.63) is 72.3 Å². The summed E-state index contributed by atoms with van der Waals surface area (Å²) in [4.78, 5) is 23.2. The van der Waals surface area contributed by atoms with E-state index in [1.807, 2.05) is 60.3 Å². The molecule has 7 nitrogen and oxygen atoms in total. The monoisotopic (exact) mass is 352 g/mol. The Morgan fingerprint density at radius 2 is 1.85 bits per heavy atom. The molecule has 0 spiro atoms. The van der Waals surface area contributed by atoms with E-state index in [0.717, 1.165) is 11.3 Å². The van der Waals surface area contributed by atoms with E-state index in [0.29, 0.717) is 0 Å². The fourth-order valence-electron chi connectivity index (χ4n) is 2.74. The van der Waals surface area contributed by atoms with Crippen molar-refractivity contribution in [1.82, 2.24) is 19.7 Å². The smallest absolute Gasteiger partial charge is 0.354 e. The predicted octanol–water partition coefficient (Wildman–Crippen LogP) is 2.64. The van der Waals surface area contributed by atoms with E-state index in [9.17, 15) is 9.59 Å². The summed E-state index contributed by atoms with van der Waals surface area (Å²) in [6.07, 6.45) is 5.52. The SMILES string of the molecule is CC(NC(=O)CCn1nccc1C(=O)O)c1ccc(-n2cccc2)cc1. The average molecular weight is 352 g/mol. The molecule has 1 aromatic carbocycles. The van der Waals surface area contributed by atoms with Gasteiger partial charge in [0.05, 0.1) is 12.6 Å². The van der Waals surface area contributed by atoms with Gasteiger partial charge in [-0.05, 0) is 42.8 Å². The van der Waals surface area contributed by atoms with E-state index < -0.39 is 5.97 Å². The fraction of sp³-hybridized carbons (Fsp3) is 0.211. The van der Waals surface area contributed by atoms with Crippen LogP contribution >= 0.6 is 0 Å². The largest absolute Gasteiger partial charge is 0.477 e. The van der Waals surface area contributed by atoms with Gasteiger partial charge in [0.2, 0.25) is 5.91 Å². The number of carbonyl (C=O) groups excluding carboxylic acids is 1. The molecule has 0 saturated heterocycles. The Bertz CT molecular complexity index is 882. The van der Waals surface area contributed by atoms with Crippen molar-refractivity contribution in [2.75, 3.05) is 0 Å². The van der Waals surface area contributed by atoms with Gasteiger partial charge in [0.15, 0.2) is 0 Å². The number of carbonyl (C=O) groups is 2. The number of amides is 1. The molecule has 1 atom stereocenters. The van der Waals surface area contributed by atoms with Crippen molar-refractivity contribution in [3.63, 3.8) is 0 Å². The minimum absolute atomic E-state index is 0.0754. The van der Waals surface area contributed by atoms with Gasteiger partial charge in [-0.2, -0.15) is 5.10 Å². The first kappa shape index (κ1) is 17.5. The topological polar surface area (TPSA) is 89.2 Å². The lowest BCUT2D eigenvalue weighted by atomic mass is 10.1. The first-order valence-electron chi connectivity index (χ1n) is 8.32. The molecular formula is C19H20N4O3. The van der Waals surface area contributed by atoms with Crippen molar-refractivity contribution in [1.29, 1.82) is 0 Å². The maximum Gasteiger partial charge on any atom is 0.354 e. The number of hydrogen-bond acceptors (Lipinski definition) is 3. The van der Waals surface area contributed by atoms with E-state index in [-0.39, 0.29) is 30.6 Å². The summed E-state index contributed by atoms with van der Waals surface area (Å²) >= 11 is 0. The minimum atomic E-state index is -1.06. The molecule has 26 heavy (non-hydrogen) atoms. The molecule has 3 rings (SSSR count). The van der Waals surface area contributed by atoms with Gasteiger partial charge in [-0.1, -0.05) is 12.1 Å². The van der Waals surface area contributed by atoms with Gasteiger partial charge >= 0.3 is 5.97 Å². The number of benzene rings is 1. The molecule has 1 amide bonds. The van der Waals surface area contributed by atoms with E-state index in [2.05, 4.69) is 10.4 Å². The first-order chi connectivity index (χ1) is 12.5. The normalized spacial score (nSPS) is 11.9. The van der Waals surface area contributed by atoms with Gasteiger partial charge in [-0.25, -0.2) is 4.79 Å². The Kier molecular flexibility index (Phi) is 5.17. The molecule has 2 heterocycles. The minimum Gasteiger partial charge on any atom is -0.477 e. The number of aryl methyl sites for hydroxylation is 1. The summed E-state index contributed by atoms with van der Waals surface area (Å²) in [6.45, 7) is 2.14. The van der Waals surface area contributed by atoms with Crippen molar-refractivity contribution in [2.24, 2.45) is 0 Å². The number of nitrogens with one attached hydrogen (secondary N) is 1. The molecule has 0 fully saturated rings. The summed E-state index contributed by atoms with van der Waals surface area (Å²) in [7, 11) is 0. The van der Waals surface area contributed by atoms with Crippen LogP contribution < -0.4 is 5.32 Å². The maximum atomic E-state index is 12.2. The highest BCUT2D eigenvalue weighted by Gasteiger charge is 2.13. The van der Waals surface area contributed by atoms with Crippen LogP contribution in [0.4, 0.5) is 0 Å². The van der Waals surface area contributed by atoms with Crippen LogP contribution in [0.5, 0.6) is 0 Å². The zero-order chi connectivity index (χ0) is 18.5. The molecule has 3 aromatic rings. The van der Waals surface area contributed by atoms with E-state index >= 15 is 0 Å². The second-order valence-electron chi connectivity index (χ2n) is 5.97. The van der Waals surface area contributed by atoms with Gasteiger partial charge in [-0.15, -0.1) is 0 Å². The van der Waals surface area contributed by atoms with E-state index in [4.69, 9.17) is 5.11 Å². The Morgan fingerprint density at radius 1 is 1.15 bits per heavy atom. The van der Waals surface area contributed by atoms with Crippen LogP contribution in [0.2, 0.25) is 0 Å². The van der Waals surface area contributed by atoms with Crippen LogP contribution in [-0.4, -0.2) is 31.3 Å². The van der Waals surface area contributed by atoms with Crippen LogP contribution in [0.3, 0.4) is 0 Å². The Labute approximate surface area is 150 Å². The van der Waals surface area contributed by atoms with Gasteiger partial charge in [0.25, 0.3) is 0 Å². The van der Waals surface area contributed by atoms with Crippen LogP contribution in [-0.2, 0) is 11.3 Å². The molecule has 134 valence electrons. The second-order valence-corrected chi connectivity index (χ2v) is 5.97. The van der Waals surface area contributed by atoms with Crippen molar-refractivity contribution >= 4 is 11.9 Å². The second kappa shape index (κ2) is 7.69. The molecule has 0 radical (unpaired) electrons. The summed E-state index contributed by atoms with van der Waals surface area (Å²) in [5.74, 6) is -1.21. The van der Waals surface area contributed by atoms with Gasteiger partial charge in [0.1, 0.15) is 5.69 Å². The lowest BCUT2D eigenvalue weighted by molar-refractivity contribution is -0.122. The lowest BCUT2D eigenvalue weighted by Gasteiger charge is -2.15. The predicted molar refractivity (Wildman–Crippen MR) is 96.1 cm³/mol. The third kappa shape index (κ3) is 4.00. The summed E-state index contributed by atoms with van der Waals surface area (Å²) in [5, 5.41) is 15.9.